The summed E-state index contributed by atoms with van der Waals surface area (Å²) < 4.78 is 61.9. The Morgan fingerprint density at radius 1 is 0.860 bits per heavy atom. The molecule has 1 fully saturated rings. The first-order valence-electron chi connectivity index (χ1n) is 13.8. The van der Waals surface area contributed by atoms with E-state index < -0.39 is 17.6 Å². The second-order valence-corrected chi connectivity index (χ2v) is 10.4. The monoisotopic (exact) mass is 588 g/mol. The molecule has 0 atom stereocenters. The molecule has 0 aliphatic carbocycles. The number of alkyl halides is 3. The van der Waals surface area contributed by atoms with Gasteiger partial charge in [-0.25, -0.2) is 9.37 Å². The van der Waals surface area contributed by atoms with Crippen molar-refractivity contribution in [3.05, 3.63) is 114 Å². The first-order valence-corrected chi connectivity index (χ1v) is 13.8. The zero-order valence-electron chi connectivity index (χ0n) is 23.3. The van der Waals surface area contributed by atoms with Gasteiger partial charge in [0.1, 0.15) is 17.2 Å². The zero-order valence-corrected chi connectivity index (χ0v) is 23.3. The number of rotatable bonds is 6. The number of aromatic nitrogens is 2. The average Bonchev–Trinajstić information content (AvgIpc) is 3.38. The van der Waals surface area contributed by atoms with E-state index in [1.165, 1.54) is 18.2 Å². The maximum Gasteiger partial charge on any atom is 0.416 e. The van der Waals surface area contributed by atoms with Gasteiger partial charge >= 0.3 is 6.18 Å². The van der Waals surface area contributed by atoms with E-state index in [2.05, 4.69) is 4.90 Å². The summed E-state index contributed by atoms with van der Waals surface area (Å²) in [5.41, 5.74) is 3.48. The minimum atomic E-state index is -4.45. The van der Waals surface area contributed by atoms with Gasteiger partial charge in [0.25, 0.3) is 5.91 Å². The molecule has 0 bridgehead atoms. The lowest BCUT2D eigenvalue weighted by molar-refractivity contribution is -0.137. The van der Waals surface area contributed by atoms with Gasteiger partial charge in [-0.1, -0.05) is 36.4 Å². The summed E-state index contributed by atoms with van der Waals surface area (Å²) in [6.07, 6.45) is -2.63. The Balaban J connectivity index is 1.33. The number of nitrogens with zero attached hydrogens (tertiary/aromatic N) is 4. The molecule has 0 spiro atoms. The number of imidazole rings is 1. The molecule has 2 aromatic heterocycles. The second kappa shape index (κ2) is 11.5. The SMILES string of the molecule is COc1cccc(-c2nc3ccc(-c4cccc(C(F)(F)F)c4)cn3c2CN2CCN(C(=O)c3ccccc3F)CC2)c1. The maximum absolute atomic E-state index is 14.2. The number of carbonyl (C=O) groups is 1. The fourth-order valence-electron chi connectivity index (χ4n) is 5.42. The van der Waals surface area contributed by atoms with Gasteiger partial charge in [-0.15, -0.1) is 0 Å². The summed E-state index contributed by atoms with van der Waals surface area (Å²) in [6, 6.07) is 22.3. The van der Waals surface area contributed by atoms with Crippen LogP contribution in [0.25, 0.3) is 28.0 Å². The number of benzene rings is 3. The molecule has 1 amide bonds. The summed E-state index contributed by atoms with van der Waals surface area (Å²) in [5.74, 6) is -0.207. The molecular weight excluding hydrogens is 560 g/mol. The summed E-state index contributed by atoms with van der Waals surface area (Å²) in [6.45, 7) is 2.43. The van der Waals surface area contributed by atoms with E-state index in [9.17, 15) is 22.4 Å². The largest absolute Gasteiger partial charge is 0.497 e. The minimum absolute atomic E-state index is 0.0557. The number of hydrogen-bond acceptors (Lipinski definition) is 4. The van der Waals surface area contributed by atoms with Crippen molar-refractivity contribution >= 4 is 11.6 Å². The number of pyridine rings is 1. The number of carbonyl (C=O) groups excluding carboxylic acids is 1. The molecule has 43 heavy (non-hydrogen) atoms. The van der Waals surface area contributed by atoms with Crippen LogP contribution in [0.5, 0.6) is 5.75 Å². The predicted molar refractivity (Wildman–Crippen MR) is 155 cm³/mol. The van der Waals surface area contributed by atoms with Crippen molar-refractivity contribution in [2.75, 3.05) is 33.3 Å². The van der Waals surface area contributed by atoms with Crippen molar-refractivity contribution < 1.29 is 27.1 Å². The molecular formula is C33H28F4N4O2. The molecule has 0 N–H and O–H groups in total. The van der Waals surface area contributed by atoms with Crippen molar-refractivity contribution in [3.63, 3.8) is 0 Å². The molecule has 3 aromatic carbocycles. The van der Waals surface area contributed by atoms with Crippen molar-refractivity contribution in [2.24, 2.45) is 0 Å². The van der Waals surface area contributed by atoms with E-state index in [1.54, 1.807) is 42.3 Å². The Hall–Kier alpha value is -4.70. The second-order valence-electron chi connectivity index (χ2n) is 10.4. The minimum Gasteiger partial charge on any atom is -0.497 e. The number of amides is 1. The van der Waals surface area contributed by atoms with E-state index in [0.717, 1.165) is 29.1 Å². The van der Waals surface area contributed by atoms with Crippen LogP contribution in [0.3, 0.4) is 0 Å². The highest BCUT2D eigenvalue weighted by Gasteiger charge is 2.31. The normalized spacial score (nSPS) is 14.3. The van der Waals surface area contributed by atoms with Gasteiger partial charge in [0, 0.05) is 44.5 Å². The number of fused-ring (bicyclic) bond motifs is 1. The van der Waals surface area contributed by atoms with Crippen LogP contribution in [0.15, 0.2) is 91.1 Å². The predicted octanol–water partition coefficient (Wildman–Crippen LogP) is 6.79. The summed E-state index contributed by atoms with van der Waals surface area (Å²) in [4.78, 5) is 21.7. The van der Waals surface area contributed by atoms with Gasteiger partial charge < -0.3 is 14.0 Å². The third-order valence-electron chi connectivity index (χ3n) is 7.72. The third-order valence-corrected chi connectivity index (χ3v) is 7.72. The van der Waals surface area contributed by atoms with Crippen LogP contribution < -0.4 is 4.74 Å². The average molecular weight is 589 g/mol. The van der Waals surface area contributed by atoms with Gasteiger partial charge in [0.15, 0.2) is 0 Å². The Morgan fingerprint density at radius 3 is 2.35 bits per heavy atom. The Labute approximate surface area is 245 Å². The number of ether oxygens (including phenoxy) is 1. The van der Waals surface area contributed by atoms with Gasteiger partial charge in [0.05, 0.1) is 29.6 Å². The Morgan fingerprint density at radius 2 is 1.60 bits per heavy atom. The zero-order chi connectivity index (χ0) is 30.1. The van der Waals surface area contributed by atoms with E-state index in [4.69, 9.17) is 9.72 Å². The van der Waals surface area contributed by atoms with Crippen molar-refractivity contribution in [1.29, 1.82) is 0 Å². The van der Waals surface area contributed by atoms with Crippen molar-refractivity contribution in [1.82, 2.24) is 19.2 Å². The van der Waals surface area contributed by atoms with Gasteiger partial charge in [-0.2, -0.15) is 13.2 Å². The van der Waals surface area contributed by atoms with Gasteiger partial charge in [-0.3, -0.25) is 9.69 Å². The van der Waals surface area contributed by atoms with Crippen LogP contribution in [0.1, 0.15) is 21.6 Å². The fraction of sp³-hybridized carbons (Fsp3) is 0.212. The number of piperazine rings is 1. The molecule has 0 unspecified atom stereocenters. The van der Waals surface area contributed by atoms with Crippen LogP contribution >= 0.6 is 0 Å². The summed E-state index contributed by atoms with van der Waals surface area (Å²) >= 11 is 0. The molecule has 6 nitrogen and oxygen atoms in total. The fourth-order valence-corrected chi connectivity index (χ4v) is 5.42. The maximum atomic E-state index is 14.2. The molecule has 5 aromatic rings. The van der Waals surface area contributed by atoms with Gasteiger partial charge in [-0.05, 0) is 59.7 Å². The highest BCUT2D eigenvalue weighted by molar-refractivity contribution is 5.94. The molecule has 10 heteroatoms. The lowest BCUT2D eigenvalue weighted by Gasteiger charge is -2.34. The highest BCUT2D eigenvalue weighted by atomic mass is 19.4. The standard InChI is InChI=1S/C33H28F4N4O2/c1-43-26-9-5-7-23(19-26)31-29(21-39-14-16-40(17-15-39)32(42)27-10-2-3-11-28(27)34)41-20-24(12-13-30(41)38-31)22-6-4-8-25(18-22)33(35,36)37/h2-13,18-20H,14-17,21H2,1H3. The van der Waals surface area contributed by atoms with E-state index in [0.29, 0.717) is 55.2 Å². The first kappa shape index (κ1) is 28.4. The molecule has 0 saturated carbocycles. The summed E-state index contributed by atoms with van der Waals surface area (Å²) in [5, 5.41) is 0. The molecule has 0 radical (unpaired) electrons. The van der Waals surface area contributed by atoms with Crippen molar-refractivity contribution in [3.8, 4) is 28.1 Å². The highest BCUT2D eigenvalue weighted by Crippen LogP contribution is 2.34. The number of halogens is 4. The molecule has 1 aliphatic heterocycles. The smallest absolute Gasteiger partial charge is 0.416 e. The van der Waals surface area contributed by atoms with E-state index in [-0.39, 0.29) is 11.5 Å². The number of hydrogen-bond donors (Lipinski definition) is 0. The molecule has 1 aliphatic rings. The van der Waals surface area contributed by atoms with Crippen LogP contribution in [-0.4, -0.2) is 58.4 Å². The lowest BCUT2D eigenvalue weighted by Crippen LogP contribution is -2.48. The quantitative estimate of drug-likeness (QED) is 0.205. The molecule has 1 saturated heterocycles. The van der Waals surface area contributed by atoms with Gasteiger partial charge in [0.2, 0.25) is 0 Å². The van der Waals surface area contributed by atoms with Crippen LogP contribution in [-0.2, 0) is 12.7 Å². The molecule has 220 valence electrons. The summed E-state index contributed by atoms with van der Waals surface area (Å²) in [7, 11) is 1.59. The molecule has 3 heterocycles. The van der Waals surface area contributed by atoms with E-state index >= 15 is 0 Å². The van der Waals surface area contributed by atoms with Crippen LogP contribution in [0, 0.1) is 5.82 Å². The first-order chi connectivity index (χ1) is 20.7. The lowest BCUT2D eigenvalue weighted by atomic mass is 10.0. The Kier molecular flexibility index (Phi) is 7.62. The van der Waals surface area contributed by atoms with Crippen LogP contribution in [0.4, 0.5) is 17.6 Å². The van der Waals surface area contributed by atoms with Crippen molar-refractivity contribution in [2.45, 2.75) is 12.7 Å². The third kappa shape index (κ3) is 5.83. The Bertz CT molecular complexity index is 1790. The topological polar surface area (TPSA) is 50.1 Å². The molecule has 6 rings (SSSR count). The number of methoxy groups -OCH3 is 1. The van der Waals surface area contributed by atoms with Crippen LogP contribution in [0.2, 0.25) is 0 Å². The van der Waals surface area contributed by atoms with E-state index in [1.807, 2.05) is 34.9 Å².